The number of benzene rings is 1. The summed E-state index contributed by atoms with van der Waals surface area (Å²) in [5.74, 6) is 0.00333. The average Bonchev–Trinajstić information content (AvgIpc) is 2.92. The fraction of sp³-hybridized carbons (Fsp3) is 0.444. The smallest absolute Gasteiger partial charge is 0.209 e. The van der Waals surface area contributed by atoms with Gasteiger partial charge in [0.2, 0.25) is 5.96 Å². The summed E-state index contributed by atoms with van der Waals surface area (Å²) in [4.78, 5) is 3.49. The van der Waals surface area contributed by atoms with Crippen LogP contribution in [0.5, 0.6) is 0 Å². The third-order valence-corrected chi connectivity index (χ3v) is 4.70. The first-order valence-electron chi connectivity index (χ1n) is 8.59. The highest BCUT2D eigenvalue weighted by Gasteiger charge is 2.22. The van der Waals surface area contributed by atoms with Gasteiger partial charge in [0.05, 0.1) is 5.71 Å². The Morgan fingerprint density at radius 2 is 2.21 bits per heavy atom. The Hall–Kier alpha value is -2.01. The van der Waals surface area contributed by atoms with E-state index in [1.807, 2.05) is 18.2 Å². The molecule has 0 saturated heterocycles. The second-order valence-electron chi connectivity index (χ2n) is 6.28. The third-order valence-electron chi connectivity index (χ3n) is 4.46. The molecular weight excluding hydrogens is 322 g/mol. The molecule has 6 heteroatoms. The number of nitrogens with two attached hydrogens (primary N) is 1. The van der Waals surface area contributed by atoms with Crippen molar-refractivity contribution in [1.82, 2.24) is 9.99 Å². The number of aromatic amines is 1. The molecule has 0 aliphatic heterocycles. The van der Waals surface area contributed by atoms with E-state index in [1.54, 1.807) is 5.01 Å². The van der Waals surface area contributed by atoms with Gasteiger partial charge in [-0.15, -0.1) is 0 Å². The summed E-state index contributed by atoms with van der Waals surface area (Å²) in [5, 5.41) is 16.0. The first kappa shape index (κ1) is 16.8. The van der Waals surface area contributed by atoms with Crippen molar-refractivity contribution in [2.45, 2.75) is 45.4 Å². The summed E-state index contributed by atoms with van der Waals surface area (Å²) < 4.78 is 0. The zero-order chi connectivity index (χ0) is 17.1. The molecule has 0 spiro atoms. The van der Waals surface area contributed by atoms with Crippen LogP contribution < -0.4 is 5.73 Å². The predicted molar refractivity (Wildman–Crippen MR) is 101 cm³/mol. The van der Waals surface area contributed by atoms with Crippen LogP contribution in [-0.2, 0) is 6.42 Å². The van der Waals surface area contributed by atoms with E-state index in [0.29, 0.717) is 6.54 Å². The lowest BCUT2D eigenvalue weighted by Crippen LogP contribution is -2.34. The Kier molecular flexibility index (Phi) is 5.09. The zero-order valence-corrected chi connectivity index (χ0v) is 14.8. The molecule has 5 nitrogen and oxygen atoms in total. The highest BCUT2D eigenvalue weighted by atomic mass is 35.5. The van der Waals surface area contributed by atoms with Crippen LogP contribution in [0.2, 0.25) is 5.02 Å². The number of aromatic nitrogens is 1. The number of halogens is 1. The van der Waals surface area contributed by atoms with Crippen molar-refractivity contribution in [1.29, 1.82) is 5.41 Å². The Bertz CT molecular complexity index is 777. The highest BCUT2D eigenvalue weighted by molar-refractivity contribution is 6.31. The van der Waals surface area contributed by atoms with Crippen LogP contribution in [0.25, 0.3) is 10.9 Å². The van der Waals surface area contributed by atoms with Gasteiger partial charge in [0.1, 0.15) is 0 Å². The van der Waals surface area contributed by atoms with Crippen molar-refractivity contribution in [3.63, 3.8) is 0 Å². The van der Waals surface area contributed by atoms with E-state index in [2.05, 4.69) is 11.9 Å². The minimum atomic E-state index is 0.00333. The standard InChI is InChI=1S/C18H24ClN5/c1-2-3-4-10-24(18(20)21)23-16-7-5-6-15-17(16)13-11-12(19)8-9-14(13)22-15/h8-9,11,22H,2-7,10H2,1H3,(H3,20,21)/b23-16+. The molecule has 0 unspecified atom stereocenters. The zero-order valence-electron chi connectivity index (χ0n) is 14.0. The van der Waals surface area contributed by atoms with Crippen molar-refractivity contribution in [2.75, 3.05) is 6.54 Å². The summed E-state index contributed by atoms with van der Waals surface area (Å²) in [6.07, 6.45) is 6.18. The van der Waals surface area contributed by atoms with Gasteiger partial charge < -0.3 is 10.7 Å². The van der Waals surface area contributed by atoms with Gasteiger partial charge in [-0.3, -0.25) is 5.41 Å². The number of unbranched alkanes of at least 4 members (excludes halogenated alkanes) is 2. The maximum absolute atomic E-state index is 7.82. The number of H-pyrrole nitrogens is 1. The molecule has 128 valence electrons. The fourth-order valence-electron chi connectivity index (χ4n) is 3.28. The normalized spacial score (nSPS) is 15.7. The van der Waals surface area contributed by atoms with Crippen molar-refractivity contribution in [3.05, 3.63) is 34.5 Å². The number of nitrogens with zero attached hydrogens (tertiary/aromatic N) is 2. The molecule has 4 N–H and O–H groups in total. The molecule has 0 bridgehead atoms. The van der Waals surface area contributed by atoms with E-state index in [0.717, 1.165) is 65.7 Å². The first-order valence-corrected chi connectivity index (χ1v) is 8.97. The first-order chi connectivity index (χ1) is 11.6. The summed E-state index contributed by atoms with van der Waals surface area (Å²) in [6, 6.07) is 5.90. The number of hydrogen-bond donors (Lipinski definition) is 3. The van der Waals surface area contributed by atoms with Crippen LogP contribution in [0.15, 0.2) is 23.3 Å². The van der Waals surface area contributed by atoms with Gasteiger partial charge in [0.25, 0.3) is 0 Å². The Balaban J connectivity index is 1.99. The van der Waals surface area contributed by atoms with Gasteiger partial charge >= 0.3 is 0 Å². The van der Waals surface area contributed by atoms with Crippen molar-refractivity contribution < 1.29 is 0 Å². The minimum Gasteiger partial charge on any atom is -0.369 e. The third kappa shape index (κ3) is 3.41. The molecule has 1 aromatic carbocycles. The molecule has 3 rings (SSSR count). The van der Waals surface area contributed by atoms with E-state index in [1.165, 1.54) is 5.69 Å². The van der Waals surface area contributed by atoms with Crippen LogP contribution >= 0.6 is 11.6 Å². The molecule has 0 amide bonds. The van der Waals surface area contributed by atoms with Crippen LogP contribution in [0.4, 0.5) is 0 Å². The lowest BCUT2D eigenvalue weighted by molar-refractivity contribution is 0.417. The summed E-state index contributed by atoms with van der Waals surface area (Å²) >= 11 is 6.19. The summed E-state index contributed by atoms with van der Waals surface area (Å²) in [6.45, 7) is 2.85. The number of guanidine groups is 1. The molecule has 0 fully saturated rings. The van der Waals surface area contributed by atoms with Gasteiger partial charge in [-0.05, 0) is 43.9 Å². The molecule has 24 heavy (non-hydrogen) atoms. The molecular formula is C18H24ClN5. The van der Waals surface area contributed by atoms with Crippen molar-refractivity contribution in [2.24, 2.45) is 10.8 Å². The second kappa shape index (κ2) is 7.26. The lowest BCUT2D eigenvalue weighted by Gasteiger charge is -2.21. The quantitative estimate of drug-likeness (QED) is 0.328. The topological polar surface area (TPSA) is 81.3 Å². The Labute approximate surface area is 147 Å². The molecule has 0 radical (unpaired) electrons. The monoisotopic (exact) mass is 345 g/mol. The lowest BCUT2D eigenvalue weighted by atomic mass is 9.93. The van der Waals surface area contributed by atoms with E-state index in [-0.39, 0.29) is 5.96 Å². The molecule has 0 saturated carbocycles. The number of rotatable bonds is 5. The number of hydrogen-bond acceptors (Lipinski definition) is 2. The van der Waals surface area contributed by atoms with E-state index in [9.17, 15) is 0 Å². The van der Waals surface area contributed by atoms with Crippen LogP contribution in [0, 0.1) is 5.41 Å². The molecule has 1 aliphatic carbocycles. The number of fused-ring (bicyclic) bond motifs is 3. The molecule has 1 aromatic heterocycles. The minimum absolute atomic E-state index is 0.00333. The van der Waals surface area contributed by atoms with Gasteiger partial charge in [0.15, 0.2) is 0 Å². The van der Waals surface area contributed by atoms with E-state index < -0.39 is 0 Å². The SMILES string of the molecule is CCCCCN(/N=C1\CCCc2[nH]c3ccc(Cl)cc3c21)C(=N)N. The Morgan fingerprint density at radius 1 is 1.38 bits per heavy atom. The second-order valence-corrected chi connectivity index (χ2v) is 6.72. The van der Waals surface area contributed by atoms with Gasteiger partial charge in [0, 0.05) is 33.7 Å². The largest absolute Gasteiger partial charge is 0.369 e. The molecule has 2 aromatic rings. The van der Waals surface area contributed by atoms with Gasteiger partial charge in [-0.25, -0.2) is 5.01 Å². The van der Waals surface area contributed by atoms with E-state index >= 15 is 0 Å². The predicted octanol–water partition coefficient (Wildman–Crippen LogP) is 4.25. The van der Waals surface area contributed by atoms with Crippen LogP contribution in [0.1, 0.15) is 50.3 Å². The maximum Gasteiger partial charge on any atom is 0.209 e. The number of nitrogens with one attached hydrogen (secondary N) is 2. The summed E-state index contributed by atoms with van der Waals surface area (Å²) in [7, 11) is 0. The van der Waals surface area contributed by atoms with Crippen molar-refractivity contribution in [3.8, 4) is 0 Å². The average molecular weight is 346 g/mol. The summed E-state index contributed by atoms with van der Waals surface area (Å²) in [5.41, 5.74) is 10.2. The molecule has 1 aliphatic rings. The van der Waals surface area contributed by atoms with Gasteiger partial charge in [-0.2, -0.15) is 5.10 Å². The molecule has 0 atom stereocenters. The molecule has 1 heterocycles. The van der Waals surface area contributed by atoms with Crippen LogP contribution in [0.3, 0.4) is 0 Å². The van der Waals surface area contributed by atoms with Crippen molar-refractivity contribution >= 4 is 34.2 Å². The highest BCUT2D eigenvalue weighted by Crippen LogP contribution is 2.31. The maximum atomic E-state index is 7.82. The number of aryl methyl sites for hydroxylation is 1. The fourth-order valence-corrected chi connectivity index (χ4v) is 3.45. The van der Waals surface area contributed by atoms with Gasteiger partial charge in [-0.1, -0.05) is 31.4 Å². The van der Waals surface area contributed by atoms with E-state index in [4.69, 9.17) is 27.8 Å². The Morgan fingerprint density at radius 3 is 2.96 bits per heavy atom. The van der Waals surface area contributed by atoms with Crippen LogP contribution in [-0.4, -0.2) is 28.2 Å². The number of hydrazone groups is 1.